The molecule has 0 atom stereocenters. The van der Waals surface area contributed by atoms with Crippen molar-refractivity contribution in [1.29, 1.82) is 0 Å². The van der Waals surface area contributed by atoms with E-state index in [1.165, 1.54) is 35.2 Å². The molecule has 3 heterocycles. The SMILES string of the molecule is CC.CC.CC/C=C\C(CCC)=C(C)C.CN1CCC(c2ncc(-c3nc(N)ncc3Cl)s2)CC1. The lowest BCUT2D eigenvalue weighted by Gasteiger charge is -2.27. The van der Waals surface area contributed by atoms with Crippen molar-refractivity contribution in [3.8, 4) is 10.6 Å². The number of nitrogen functional groups attached to an aromatic ring is 1. The topological polar surface area (TPSA) is 67.9 Å². The maximum atomic E-state index is 6.14. The van der Waals surface area contributed by atoms with E-state index < -0.39 is 0 Å². The van der Waals surface area contributed by atoms with Gasteiger partial charge in [-0.2, -0.15) is 0 Å². The van der Waals surface area contributed by atoms with Crippen molar-refractivity contribution < 1.29 is 0 Å². The fraction of sp³-hybridized carbons (Fsp3) is 0.607. The number of allylic oxidation sites excluding steroid dienone is 4. The molecule has 2 N–H and O–H groups in total. The number of rotatable bonds is 6. The van der Waals surface area contributed by atoms with E-state index in [1.807, 2.05) is 33.9 Å². The van der Waals surface area contributed by atoms with Crippen molar-refractivity contribution in [2.24, 2.45) is 0 Å². The van der Waals surface area contributed by atoms with Gasteiger partial charge in [-0.1, -0.05) is 77.3 Å². The standard InChI is InChI=1S/C13H16ClN5S.C11H20.2C2H6/c1-19-4-2-8(3-5-19)12-16-7-10(20-12)11-9(14)6-17-13(15)18-11;1-5-7-9-11(8-6-2)10(3)4;2*1-2/h6-8H,2-5H2,1H3,(H2,15,17,18);7,9H,5-6,8H2,1-4H3;2*1-2H3/b;9-7-;;. The molecule has 7 heteroatoms. The average Bonchev–Trinajstić information content (AvgIpc) is 3.36. The molecule has 0 unspecified atom stereocenters. The van der Waals surface area contributed by atoms with Crippen LogP contribution in [0.5, 0.6) is 0 Å². The third kappa shape index (κ3) is 12.2. The van der Waals surface area contributed by atoms with E-state index in [-0.39, 0.29) is 5.95 Å². The molecule has 0 aliphatic carbocycles. The molecule has 198 valence electrons. The summed E-state index contributed by atoms with van der Waals surface area (Å²) in [7, 11) is 2.16. The van der Waals surface area contributed by atoms with E-state index in [0.717, 1.165) is 37.2 Å². The lowest BCUT2D eigenvalue weighted by molar-refractivity contribution is 0.255. The minimum Gasteiger partial charge on any atom is -0.368 e. The molecule has 2 aromatic heterocycles. The van der Waals surface area contributed by atoms with Crippen LogP contribution in [0.3, 0.4) is 0 Å². The lowest BCUT2D eigenvalue weighted by Crippen LogP contribution is -2.29. The number of piperidine rings is 1. The van der Waals surface area contributed by atoms with Crippen molar-refractivity contribution in [2.75, 3.05) is 25.9 Å². The van der Waals surface area contributed by atoms with Crippen molar-refractivity contribution in [3.63, 3.8) is 0 Å². The number of nitrogens with two attached hydrogens (primary N) is 1. The van der Waals surface area contributed by atoms with Gasteiger partial charge in [-0.05, 0) is 65.2 Å². The van der Waals surface area contributed by atoms with Crippen LogP contribution in [0.15, 0.2) is 35.7 Å². The molecule has 1 aliphatic heterocycles. The Morgan fingerprint density at radius 1 is 1.11 bits per heavy atom. The van der Waals surface area contributed by atoms with E-state index >= 15 is 0 Å². The number of halogens is 1. The summed E-state index contributed by atoms with van der Waals surface area (Å²) in [6.45, 7) is 19.0. The molecule has 0 bridgehead atoms. The van der Waals surface area contributed by atoms with Crippen LogP contribution in [0.1, 0.15) is 98.4 Å². The van der Waals surface area contributed by atoms with Crippen molar-refractivity contribution in [2.45, 2.75) is 93.4 Å². The fourth-order valence-electron chi connectivity index (χ4n) is 3.42. The van der Waals surface area contributed by atoms with Gasteiger partial charge < -0.3 is 10.6 Å². The number of anilines is 1. The van der Waals surface area contributed by atoms with Crippen LogP contribution in [-0.4, -0.2) is 40.0 Å². The third-order valence-electron chi connectivity index (χ3n) is 5.30. The molecule has 1 aliphatic rings. The summed E-state index contributed by atoms with van der Waals surface area (Å²) in [6, 6.07) is 0. The molecule has 0 spiro atoms. The summed E-state index contributed by atoms with van der Waals surface area (Å²) >= 11 is 7.79. The Bertz CT molecular complexity index is 879. The summed E-state index contributed by atoms with van der Waals surface area (Å²) in [5.41, 5.74) is 9.27. The molecular formula is C28H48ClN5S. The number of aromatic nitrogens is 3. The number of nitrogens with zero attached hydrogens (tertiary/aromatic N) is 4. The van der Waals surface area contributed by atoms with Crippen molar-refractivity contribution >= 4 is 28.9 Å². The van der Waals surface area contributed by atoms with Gasteiger partial charge in [0, 0.05) is 12.1 Å². The van der Waals surface area contributed by atoms with E-state index in [4.69, 9.17) is 17.3 Å². The highest BCUT2D eigenvalue weighted by molar-refractivity contribution is 7.15. The normalized spacial score (nSPS) is 13.7. The molecule has 0 saturated carbocycles. The van der Waals surface area contributed by atoms with Crippen molar-refractivity contribution in [3.05, 3.63) is 45.7 Å². The second-order valence-electron chi connectivity index (χ2n) is 8.15. The molecule has 1 fully saturated rings. The van der Waals surface area contributed by atoms with Crippen LogP contribution in [0, 0.1) is 0 Å². The predicted molar refractivity (Wildman–Crippen MR) is 157 cm³/mol. The van der Waals surface area contributed by atoms with E-state index in [1.54, 1.807) is 11.3 Å². The zero-order valence-electron chi connectivity index (χ0n) is 23.5. The minimum atomic E-state index is 0.235. The minimum absolute atomic E-state index is 0.235. The highest BCUT2D eigenvalue weighted by Gasteiger charge is 2.22. The third-order valence-corrected chi connectivity index (χ3v) is 6.75. The predicted octanol–water partition coefficient (Wildman–Crippen LogP) is 8.79. The first-order valence-corrected chi connectivity index (χ1v) is 14.3. The van der Waals surface area contributed by atoms with Gasteiger partial charge in [0.1, 0.15) is 5.69 Å². The van der Waals surface area contributed by atoms with E-state index in [2.05, 4.69) is 66.7 Å². The second-order valence-corrected chi connectivity index (χ2v) is 9.62. The Hall–Kier alpha value is -1.76. The first kappa shape index (κ1) is 33.2. The van der Waals surface area contributed by atoms with Gasteiger partial charge in [-0.3, -0.25) is 0 Å². The Labute approximate surface area is 223 Å². The summed E-state index contributed by atoms with van der Waals surface area (Å²) in [5, 5.41) is 1.68. The van der Waals surface area contributed by atoms with Crippen LogP contribution in [0.25, 0.3) is 10.6 Å². The van der Waals surface area contributed by atoms with Crippen LogP contribution in [0.2, 0.25) is 5.02 Å². The van der Waals surface area contributed by atoms with Crippen LogP contribution < -0.4 is 5.73 Å². The molecule has 5 nitrogen and oxygen atoms in total. The quantitative estimate of drug-likeness (QED) is 0.384. The lowest BCUT2D eigenvalue weighted by atomic mass is 9.98. The molecule has 1 saturated heterocycles. The Morgan fingerprint density at radius 3 is 2.29 bits per heavy atom. The highest BCUT2D eigenvalue weighted by Crippen LogP contribution is 2.36. The zero-order valence-corrected chi connectivity index (χ0v) is 25.1. The summed E-state index contributed by atoms with van der Waals surface area (Å²) in [6.07, 6.45) is 13.8. The van der Waals surface area contributed by atoms with Gasteiger partial charge >= 0.3 is 0 Å². The van der Waals surface area contributed by atoms with E-state index in [9.17, 15) is 0 Å². The summed E-state index contributed by atoms with van der Waals surface area (Å²) < 4.78 is 0. The van der Waals surface area contributed by atoms with Gasteiger partial charge in [-0.15, -0.1) is 11.3 Å². The van der Waals surface area contributed by atoms with Gasteiger partial charge in [0.05, 0.1) is 21.1 Å². The Kier molecular flexibility index (Phi) is 18.5. The van der Waals surface area contributed by atoms with Gasteiger partial charge in [-0.25, -0.2) is 15.0 Å². The largest absolute Gasteiger partial charge is 0.368 e. The monoisotopic (exact) mass is 521 g/mol. The Morgan fingerprint density at radius 2 is 1.74 bits per heavy atom. The van der Waals surface area contributed by atoms with Crippen LogP contribution >= 0.6 is 22.9 Å². The number of thiazole rings is 1. The number of likely N-dealkylation sites (tertiary alicyclic amines) is 1. The maximum absolute atomic E-state index is 6.14. The molecule has 3 rings (SSSR count). The van der Waals surface area contributed by atoms with Gasteiger partial charge in [0.15, 0.2) is 0 Å². The van der Waals surface area contributed by atoms with Gasteiger partial charge in [0.2, 0.25) is 5.95 Å². The molecule has 0 amide bonds. The fourth-order valence-corrected chi connectivity index (χ4v) is 4.76. The van der Waals surface area contributed by atoms with Crippen molar-refractivity contribution in [1.82, 2.24) is 19.9 Å². The Balaban J connectivity index is 0.000000661. The second kappa shape index (κ2) is 19.4. The molecule has 35 heavy (non-hydrogen) atoms. The van der Waals surface area contributed by atoms with E-state index in [0.29, 0.717) is 16.6 Å². The number of hydrogen-bond acceptors (Lipinski definition) is 6. The first-order valence-electron chi connectivity index (χ1n) is 13.1. The highest BCUT2D eigenvalue weighted by atomic mass is 35.5. The average molecular weight is 522 g/mol. The zero-order chi connectivity index (χ0) is 26.8. The van der Waals surface area contributed by atoms with Gasteiger partial charge in [0.25, 0.3) is 0 Å². The number of hydrogen-bond donors (Lipinski definition) is 1. The molecule has 0 aromatic carbocycles. The summed E-state index contributed by atoms with van der Waals surface area (Å²) in [5.74, 6) is 0.779. The smallest absolute Gasteiger partial charge is 0.220 e. The summed E-state index contributed by atoms with van der Waals surface area (Å²) in [4.78, 5) is 16.0. The van der Waals surface area contributed by atoms with Crippen LogP contribution in [0.4, 0.5) is 5.95 Å². The first-order chi connectivity index (χ1) is 16.8. The molecule has 2 aromatic rings. The van der Waals surface area contributed by atoms with Crippen LogP contribution in [-0.2, 0) is 0 Å². The molecular weight excluding hydrogens is 474 g/mol. The molecule has 0 radical (unpaired) electrons. The maximum Gasteiger partial charge on any atom is 0.220 e.